The summed E-state index contributed by atoms with van der Waals surface area (Å²) in [4.78, 5) is 34.8. The van der Waals surface area contributed by atoms with Crippen LogP contribution in [0.5, 0.6) is 0 Å². The molecule has 0 unspecified atom stereocenters. The molecule has 130 valence electrons. The molecule has 9 nitrogen and oxygen atoms in total. The number of methoxy groups -OCH3 is 1. The van der Waals surface area contributed by atoms with Crippen LogP contribution in [0, 0.1) is 16.7 Å². The Labute approximate surface area is 133 Å². The number of rotatable bonds is 11. The Balaban J connectivity index is 4.77. The van der Waals surface area contributed by atoms with Crippen LogP contribution in [0.3, 0.4) is 0 Å². The summed E-state index contributed by atoms with van der Waals surface area (Å²) >= 11 is 0. The highest BCUT2D eigenvalue weighted by atomic mass is 16.5. The molecule has 0 bridgehead atoms. The second-order valence-corrected chi connectivity index (χ2v) is 4.57. The normalized spacial score (nSPS) is 10.5. The molecule has 0 radical (unpaired) electrons. The van der Waals surface area contributed by atoms with Gasteiger partial charge in [-0.3, -0.25) is 14.4 Å². The Morgan fingerprint density at radius 1 is 1.00 bits per heavy atom. The number of aliphatic hydroxyl groups is 2. The third kappa shape index (κ3) is 7.58. The van der Waals surface area contributed by atoms with Crippen LogP contribution in [0.4, 0.5) is 0 Å². The second-order valence-electron chi connectivity index (χ2n) is 4.57. The fraction of sp³-hybridized carbons (Fsp3) is 0.714. The number of ether oxygens (including phenoxy) is 3. The van der Waals surface area contributed by atoms with E-state index in [0.717, 1.165) is 7.11 Å². The van der Waals surface area contributed by atoms with Crippen molar-refractivity contribution in [3.63, 3.8) is 0 Å². The molecular weight excluding hydrogens is 310 g/mol. The van der Waals surface area contributed by atoms with Gasteiger partial charge in [-0.1, -0.05) is 0 Å². The molecule has 0 fully saturated rings. The van der Waals surface area contributed by atoms with E-state index in [-0.39, 0.29) is 52.1 Å². The maximum Gasteiger partial charge on any atom is 0.326 e. The van der Waals surface area contributed by atoms with E-state index in [9.17, 15) is 19.6 Å². The SMILES string of the molecule is COC(=O)C(C#N)(CCC(=O)OCCO)CCC(=O)OCCO. The predicted octanol–water partition coefficient (Wildman–Crippen LogP) is -0.699. The van der Waals surface area contributed by atoms with Crippen LogP contribution in [0.2, 0.25) is 0 Å². The molecule has 0 aliphatic heterocycles. The highest BCUT2D eigenvalue weighted by Gasteiger charge is 2.40. The van der Waals surface area contributed by atoms with Crippen LogP contribution in [0.25, 0.3) is 0 Å². The Kier molecular flexibility index (Phi) is 10.3. The Morgan fingerprint density at radius 2 is 1.43 bits per heavy atom. The van der Waals surface area contributed by atoms with Crippen LogP contribution in [-0.2, 0) is 28.6 Å². The second kappa shape index (κ2) is 11.4. The lowest BCUT2D eigenvalue weighted by Gasteiger charge is -2.22. The molecule has 0 saturated heterocycles. The van der Waals surface area contributed by atoms with Crippen molar-refractivity contribution in [1.29, 1.82) is 5.26 Å². The number of carbonyl (C=O) groups is 3. The quantitative estimate of drug-likeness (QED) is 0.371. The third-order valence-electron chi connectivity index (χ3n) is 3.01. The van der Waals surface area contributed by atoms with Gasteiger partial charge >= 0.3 is 17.9 Å². The van der Waals surface area contributed by atoms with E-state index in [1.54, 1.807) is 6.07 Å². The molecule has 2 N–H and O–H groups in total. The minimum Gasteiger partial charge on any atom is -0.468 e. The number of hydrogen-bond donors (Lipinski definition) is 2. The average Bonchev–Trinajstić information content (AvgIpc) is 2.57. The van der Waals surface area contributed by atoms with Crippen LogP contribution in [-0.4, -0.2) is 61.7 Å². The van der Waals surface area contributed by atoms with Crippen molar-refractivity contribution < 1.29 is 38.8 Å². The third-order valence-corrected chi connectivity index (χ3v) is 3.01. The van der Waals surface area contributed by atoms with E-state index in [2.05, 4.69) is 14.2 Å². The van der Waals surface area contributed by atoms with E-state index in [0.29, 0.717) is 0 Å². The highest BCUT2D eigenvalue weighted by Crippen LogP contribution is 2.31. The molecule has 0 aromatic carbocycles. The molecule has 0 rings (SSSR count). The lowest BCUT2D eigenvalue weighted by Crippen LogP contribution is -2.33. The largest absolute Gasteiger partial charge is 0.468 e. The lowest BCUT2D eigenvalue weighted by molar-refractivity contribution is -0.152. The fourth-order valence-corrected chi connectivity index (χ4v) is 1.78. The van der Waals surface area contributed by atoms with Crippen molar-refractivity contribution >= 4 is 17.9 Å². The summed E-state index contributed by atoms with van der Waals surface area (Å²) in [6.07, 6.45) is -0.857. The summed E-state index contributed by atoms with van der Waals surface area (Å²) < 4.78 is 13.9. The number of hydrogen-bond acceptors (Lipinski definition) is 9. The van der Waals surface area contributed by atoms with Crippen molar-refractivity contribution in [1.82, 2.24) is 0 Å². The summed E-state index contributed by atoms with van der Waals surface area (Å²) in [5.74, 6) is -2.21. The van der Waals surface area contributed by atoms with Crippen LogP contribution in [0.1, 0.15) is 25.7 Å². The van der Waals surface area contributed by atoms with Gasteiger partial charge in [0.25, 0.3) is 0 Å². The van der Waals surface area contributed by atoms with Gasteiger partial charge in [0.1, 0.15) is 13.2 Å². The predicted molar refractivity (Wildman–Crippen MR) is 74.6 cm³/mol. The van der Waals surface area contributed by atoms with E-state index in [4.69, 9.17) is 10.2 Å². The van der Waals surface area contributed by atoms with Crippen LogP contribution < -0.4 is 0 Å². The highest BCUT2D eigenvalue weighted by molar-refractivity contribution is 5.82. The Bertz CT molecular complexity index is 419. The Hall–Kier alpha value is -2.18. The zero-order valence-electron chi connectivity index (χ0n) is 12.9. The van der Waals surface area contributed by atoms with E-state index in [1.165, 1.54) is 0 Å². The van der Waals surface area contributed by atoms with Crippen molar-refractivity contribution in [2.75, 3.05) is 33.5 Å². The number of aliphatic hydroxyl groups excluding tert-OH is 2. The minimum atomic E-state index is -1.68. The minimum absolute atomic E-state index is 0.176. The standard InChI is InChI=1S/C14H21NO8/c1-21-13(20)14(10-15,4-2-11(18)22-8-6-16)5-3-12(19)23-9-7-17/h16-17H,2-9H2,1H3. The van der Waals surface area contributed by atoms with E-state index >= 15 is 0 Å². The first-order chi connectivity index (χ1) is 11.0. The summed E-state index contributed by atoms with van der Waals surface area (Å²) in [5, 5.41) is 26.4. The maximum absolute atomic E-state index is 11.9. The van der Waals surface area contributed by atoms with Gasteiger partial charge in [0, 0.05) is 12.8 Å². The monoisotopic (exact) mass is 331 g/mol. The summed E-state index contributed by atoms with van der Waals surface area (Å²) in [6, 6.07) is 1.80. The van der Waals surface area contributed by atoms with Gasteiger partial charge in [-0.15, -0.1) is 0 Å². The molecular formula is C14H21NO8. The molecule has 0 aromatic heterocycles. The first-order valence-electron chi connectivity index (χ1n) is 6.98. The summed E-state index contributed by atoms with van der Waals surface area (Å²) in [6.45, 7) is -1.01. The molecule has 23 heavy (non-hydrogen) atoms. The molecule has 0 aromatic rings. The summed E-state index contributed by atoms with van der Waals surface area (Å²) in [7, 11) is 1.10. The van der Waals surface area contributed by atoms with Gasteiger partial charge in [0.2, 0.25) is 0 Å². The van der Waals surface area contributed by atoms with Gasteiger partial charge in [-0.05, 0) is 12.8 Å². The molecule has 0 saturated carbocycles. The van der Waals surface area contributed by atoms with Gasteiger partial charge in [-0.2, -0.15) is 5.26 Å². The van der Waals surface area contributed by atoms with Crippen molar-refractivity contribution in [2.24, 2.45) is 5.41 Å². The molecule has 0 aliphatic rings. The summed E-state index contributed by atoms with van der Waals surface area (Å²) in [5.41, 5.74) is -1.68. The first kappa shape index (κ1) is 20.8. The number of esters is 3. The number of nitriles is 1. The zero-order chi connectivity index (χ0) is 17.7. The molecule has 0 amide bonds. The topological polar surface area (TPSA) is 143 Å². The molecule has 0 aliphatic carbocycles. The van der Waals surface area contributed by atoms with Crippen molar-refractivity contribution in [3.8, 4) is 6.07 Å². The molecule has 0 heterocycles. The lowest BCUT2D eigenvalue weighted by atomic mass is 9.80. The zero-order valence-corrected chi connectivity index (χ0v) is 12.9. The maximum atomic E-state index is 11.9. The Morgan fingerprint density at radius 3 is 1.74 bits per heavy atom. The van der Waals surface area contributed by atoms with Gasteiger partial charge in [0.15, 0.2) is 5.41 Å². The van der Waals surface area contributed by atoms with Crippen molar-refractivity contribution in [2.45, 2.75) is 25.7 Å². The fourth-order valence-electron chi connectivity index (χ4n) is 1.78. The molecule has 0 atom stereocenters. The van der Waals surface area contributed by atoms with Gasteiger partial charge in [-0.25, -0.2) is 0 Å². The van der Waals surface area contributed by atoms with Crippen LogP contribution >= 0.6 is 0 Å². The van der Waals surface area contributed by atoms with Gasteiger partial charge in [0.05, 0.1) is 26.4 Å². The molecule has 0 spiro atoms. The smallest absolute Gasteiger partial charge is 0.326 e. The van der Waals surface area contributed by atoms with E-state index < -0.39 is 23.3 Å². The first-order valence-corrected chi connectivity index (χ1v) is 6.98. The number of nitrogens with zero attached hydrogens (tertiary/aromatic N) is 1. The molecule has 9 heteroatoms. The van der Waals surface area contributed by atoms with E-state index in [1.807, 2.05) is 0 Å². The average molecular weight is 331 g/mol. The number of carbonyl (C=O) groups excluding carboxylic acids is 3. The van der Waals surface area contributed by atoms with Crippen molar-refractivity contribution in [3.05, 3.63) is 0 Å². The van der Waals surface area contributed by atoms with Crippen LogP contribution in [0.15, 0.2) is 0 Å². The van der Waals surface area contributed by atoms with Gasteiger partial charge < -0.3 is 24.4 Å².